The van der Waals surface area contributed by atoms with Crippen molar-refractivity contribution >= 4 is 17.6 Å². The molecule has 1 rings (SSSR count). The van der Waals surface area contributed by atoms with Gasteiger partial charge in [0.05, 0.1) is 4.92 Å². The van der Waals surface area contributed by atoms with Crippen molar-refractivity contribution in [2.24, 2.45) is 5.92 Å². The van der Waals surface area contributed by atoms with Gasteiger partial charge in [0.25, 0.3) is 0 Å². The van der Waals surface area contributed by atoms with Crippen LogP contribution in [-0.4, -0.2) is 49.7 Å². The third-order valence-corrected chi connectivity index (χ3v) is 2.65. The highest BCUT2D eigenvalue weighted by Crippen LogP contribution is 2.09. The minimum Gasteiger partial charge on any atom is -0.480 e. The number of aromatic nitrogens is 2. The summed E-state index contributed by atoms with van der Waals surface area (Å²) in [5.41, 5.74) is -0.146. The molecule has 0 aliphatic carbocycles. The monoisotopic (exact) mass is 298 g/mol. The van der Waals surface area contributed by atoms with Crippen LogP contribution >= 0.6 is 0 Å². The molecule has 0 aliphatic heterocycles. The first-order valence-corrected chi connectivity index (χ1v) is 6.46. The summed E-state index contributed by atoms with van der Waals surface area (Å²) in [6.07, 6.45) is 2.38. The van der Waals surface area contributed by atoms with Gasteiger partial charge in [0.1, 0.15) is 18.9 Å². The zero-order valence-electron chi connectivity index (χ0n) is 11.9. The molecule has 0 fully saturated rings. The summed E-state index contributed by atoms with van der Waals surface area (Å²) < 4.78 is 1.30. The van der Waals surface area contributed by atoms with Crippen molar-refractivity contribution in [2.75, 3.05) is 13.1 Å². The highest BCUT2D eigenvalue weighted by molar-refractivity contribution is 5.81. The van der Waals surface area contributed by atoms with Crippen LogP contribution < -0.4 is 0 Å². The fraction of sp³-hybridized carbons (Fsp3) is 0.583. The predicted molar refractivity (Wildman–Crippen MR) is 72.6 cm³/mol. The molecule has 1 amide bonds. The van der Waals surface area contributed by atoms with Crippen LogP contribution in [0, 0.1) is 16.0 Å². The Kier molecular flexibility index (Phi) is 5.82. The van der Waals surface area contributed by atoms with Gasteiger partial charge >= 0.3 is 11.7 Å². The molecule has 0 atom stereocenters. The molecule has 116 valence electrons. The fourth-order valence-electron chi connectivity index (χ4n) is 1.80. The van der Waals surface area contributed by atoms with E-state index >= 15 is 0 Å². The zero-order valence-corrected chi connectivity index (χ0v) is 11.9. The number of aryl methyl sites for hydroxylation is 1. The second-order valence-electron chi connectivity index (χ2n) is 5.03. The summed E-state index contributed by atoms with van der Waals surface area (Å²) in [6, 6.07) is 0. The second-order valence-corrected chi connectivity index (χ2v) is 5.03. The maximum atomic E-state index is 12.0. The van der Waals surface area contributed by atoms with E-state index in [0.717, 1.165) is 6.20 Å². The van der Waals surface area contributed by atoms with Crippen molar-refractivity contribution in [1.29, 1.82) is 0 Å². The number of carbonyl (C=O) groups excluding carboxylic acids is 1. The third kappa shape index (κ3) is 5.59. The lowest BCUT2D eigenvalue weighted by molar-refractivity contribution is -0.385. The molecule has 0 saturated carbocycles. The Bertz CT molecular complexity index is 525. The Morgan fingerprint density at radius 1 is 1.52 bits per heavy atom. The first kappa shape index (κ1) is 16.6. The van der Waals surface area contributed by atoms with Crippen molar-refractivity contribution < 1.29 is 19.6 Å². The minimum absolute atomic E-state index is 0.0405. The van der Waals surface area contributed by atoms with E-state index in [0.29, 0.717) is 6.54 Å². The quantitative estimate of drug-likeness (QED) is 0.558. The highest BCUT2D eigenvalue weighted by atomic mass is 16.6. The summed E-state index contributed by atoms with van der Waals surface area (Å²) in [7, 11) is 0. The Morgan fingerprint density at radius 3 is 2.67 bits per heavy atom. The molecule has 1 heterocycles. The maximum absolute atomic E-state index is 12.0. The summed E-state index contributed by atoms with van der Waals surface area (Å²) in [6.45, 7) is 3.94. The van der Waals surface area contributed by atoms with Crippen LogP contribution in [0.3, 0.4) is 0 Å². The van der Waals surface area contributed by atoms with Crippen LogP contribution in [0.15, 0.2) is 12.4 Å². The van der Waals surface area contributed by atoms with E-state index < -0.39 is 10.9 Å². The number of hydrogen-bond acceptors (Lipinski definition) is 5. The first-order chi connectivity index (χ1) is 9.79. The standard InChI is InChI=1S/C12H18N4O5/c1-9(2)6-14(8-12(18)19)11(17)3-4-15-7-10(5-13-15)16(20)21/h5,7,9H,3-4,6,8H2,1-2H3,(H,18,19). The molecule has 1 aromatic rings. The molecule has 0 aliphatic rings. The number of nitro groups is 1. The number of carboxylic acids is 1. The lowest BCUT2D eigenvalue weighted by Crippen LogP contribution is -2.38. The summed E-state index contributed by atoms with van der Waals surface area (Å²) in [4.78, 5) is 34.0. The number of carboxylic acid groups (broad SMARTS) is 1. The molecule has 0 radical (unpaired) electrons. The van der Waals surface area contributed by atoms with Crippen LogP contribution in [-0.2, 0) is 16.1 Å². The van der Waals surface area contributed by atoms with E-state index in [1.807, 2.05) is 13.8 Å². The summed E-state index contributed by atoms with van der Waals surface area (Å²) in [5.74, 6) is -1.23. The number of carbonyl (C=O) groups is 2. The number of rotatable bonds is 8. The van der Waals surface area contributed by atoms with Gasteiger partial charge in [0, 0.05) is 19.5 Å². The molecule has 1 aromatic heterocycles. The number of aliphatic carboxylic acids is 1. The van der Waals surface area contributed by atoms with E-state index in [1.165, 1.54) is 15.8 Å². The topological polar surface area (TPSA) is 119 Å². The minimum atomic E-state index is -1.07. The predicted octanol–water partition coefficient (Wildman–Crippen LogP) is 0.751. The van der Waals surface area contributed by atoms with Gasteiger partial charge in [-0.15, -0.1) is 0 Å². The van der Waals surface area contributed by atoms with E-state index in [4.69, 9.17) is 5.11 Å². The van der Waals surface area contributed by atoms with Crippen LogP contribution in [0.5, 0.6) is 0 Å². The highest BCUT2D eigenvalue weighted by Gasteiger charge is 2.18. The van der Waals surface area contributed by atoms with Crippen LogP contribution in [0.1, 0.15) is 20.3 Å². The van der Waals surface area contributed by atoms with Crippen molar-refractivity contribution in [3.8, 4) is 0 Å². The van der Waals surface area contributed by atoms with Gasteiger partial charge in [-0.1, -0.05) is 13.8 Å². The third-order valence-electron chi connectivity index (χ3n) is 2.65. The van der Waals surface area contributed by atoms with E-state index in [9.17, 15) is 19.7 Å². The first-order valence-electron chi connectivity index (χ1n) is 6.46. The lowest BCUT2D eigenvalue weighted by atomic mass is 10.2. The van der Waals surface area contributed by atoms with E-state index in [1.54, 1.807) is 0 Å². The Labute approximate surface area is 121 Å². The van der Waals surface area contributed by atoms with Gasteiger partial charge < -0.3 is 10.0 Å². The number of hydrogen-bond donors (Lipinski definition) is 1. The van der Waals surface area contributed by atoms with Gasteiger partial charge in [0.2, 0.25) is 5.91 Å². The van der Waals surface area contributed by atoms with Gasteiger partial charge in [-0.2, -0.15) is 5.10 Å². The van der Waals surface area contributed by atoms with Crippen molar-refractivity contribution in [2.45, 2.75) is 26.8 Å². The molecular formula is C12H18N4O5. The van der Waals surface area contributed by atoms with Gasteiger partial charge in [-0.25, -0.2) is 0 Å². The maximum Gasteiger partial charge on any atom is 0.323 e. The molecule has 0 bridgehead atoms. The van der Waals surface area contributed by atoms with E-state index in [-0.39, 0.29) is 37.0 Å². The summed E-state index contributed by atoms with van der Waals surface area (Å²) >= 11 is 0. The van der Waals surface area contributed by atoms with E-state index in [2.05, 4.69) is 5.10 Å². The second kappa shape index (κ2) is 7.36. The molecule has 21 heavy (non-hydrogen) atoms. The molecule has 9 nitrogen and oxygen atoms in total. The van der Waals surface area contributed by atoms with Crippen LogP contribution in [0.2, 0.25) is 0 Å². The molecule has 0 spiro atoms. The Morgan fingerprint density at radius 2 is 2.19 bits per heavy atom. The zero-order chi connectivity index (χ0) is 16.0. The Hall–Kier alpha value is -2.45. The SMILES string of the molecule is CC(C)CN(CC(=O)O)C(=O)CCn1cc([N+](=O)[O-])cn1. The molecule has 0 aromatic carbocycles. The molecule has 1 N–H and O–H groups in total. The van der Waals surface area contributed by atoms with Crippen LogP contribution in [0.25, 0.3) is 0 Å². The Balaban J connectivity index is 2.59. The van der Waals surface area contributed by atoms with Crippen molar-refractivity contribution in [1.82, 2.24) is 14.7 Å². The smallest absolute Gasteiger partial charge is 0.323 e. The lowest BCUT2D eigenvalue weighted by Gasteiger charge is -2.22. The van der Waals surface area contributed by atoms with Crippen LogP contribution in [0.4, 0.5) is 5.69 Å². The summed E-state index contributed by atoms with van der Waals surface area (Å²) in [5, 5.41) is 23.1. The molecular weight excluding hydrogens is 280 g/mol. The molecule has 0 unspecified atom stereocenters. The number of nitrogens with zero attached hydrogens (tertiary/aromatic N) is 4. The normalized spacial score (nSPS) is 10.6. The molecule has 0 saturated heterocycles. The fourth-order valence-corrected chi connectivity index (χ4v) is 1.80. The average molecular weight is 298 g/mol. The van der Waals surface area contributed by atoms with Crippen molar-refractivity contribution in [3.05, 3.63) is 22.5 Å². The average Bonchev–Trinajstić information content (AvgIpc) is 2.82. The van der Waals surface area contributed by atoms with Crippen molar-refractivity contribution in [3.63, 3.8) is 0 Å². The number of amides is 1. The van der Waals surface area contributed by atoms with Gasteiger partial charge in [0.15, 0.2) is 0 Å². The van der Waals surface area contributed by atoms with Gasteiger partial charge in [-0.05, 0) is 5.92 Å². The molecule has 9 heteroatoms. The largest absolute Gasteiger partial charge is 0.480 e. The van der Waals surface area contributed by atoms with Gasteiger partial charge in [-0.3, -0.25) is 24.4 Å².